The van der Waals surface area contributed by atoms with Crippen LogP contribution in [0.2, 0.25) is 5.02 Å². The molecule has 29 heavy (non-hydrogen) atoms. The lowest BCUT2D eigenvalue weighted by Crippen LogP contribution is -2.43. The number of rotatable bonds is 2. The quantitative estimate of drug-likeness (QED) is 0.674. The van der Waals surface area contributed by atoms with Crippen molar-refractivity contribution in [3.05, 3.63) is 69.2 Å². The molecular weight excluding hydrogens is 388 g/mol. The largest absolute Gasteiger partial charge is 0.324 e. The molecule has 3 aromatic rings. The van der Waals surface area contributed by atoms with Crippen LogP contribution in [0, 0.1) is 13.8 Å². The zero-order valence-corrected chi connectivity index (χ0v) is 17.2. The van der Waals surface area contributed by atoms with Gasteiger partial charge in [0, 0.05) is 29.8 Å². The maximum absolute atomic E-state index is 12.9. The Hall–Kier alpha value is -2.86. The minimum atomic E-state index is -0.145. The lowest BCUT2D eigenvalue weighted by atomic mass is 10.0. The van der Waals surface area contributed by atoms with Crippen molar-refractivity contribution < 1.29 is 4.79 Å². The summed E-state index contributed by atoms with van der Waals surface area (Å²) in [7, 11) is 0. The van der Waals surface area contributed by atoms with Crippen molar-refractivity contribution in [1.82, 2.24) is 14.5 Å². The van der Waals surface area contributed by atoms with Gasteiger partial charge >= 0.3 is 6.03 Å². The SMILES string of the molecule is Cc1ccc(Cl)cc1NC(=O)N1CCC(n2cnc3c(C)cccc3c2=O)CC1. The van der Waals surface area contributed by atoms with Gasteiger partial charge in [0.1, 0.15) is 0 Å². The van der Waals surface area contributed by atoms with E-state index in [1.165, 1.54) is 0 Å². The van der Waals surface area contributed by atoms with Gasteiger partial charge in [-0.25, -0.2) is 9.78 Å². The second-order valence-electron chi connectivity index (χ2n) is 7.54. The van der Waals surface area contributed by atoms with E-state index in [4.69, 9.17) is 11.6 Å². The molecule has 1 saturated heterocycles. The zero-order chi connectivity index (χ0) is 20.5. The normalized spacial score (nSPS) is 14.9. The highest BCUT2D eigenvalue weighted by Crippen LogP contribution is 2.24. The number of amides is 2. The zero-order valence-electron chi connectivity index (χ0n) is 16.5. The number of aryl methyl sites for hydroxylation is 2. The third-order valence-electron chi connectivity index (χ3n) is 5.60. The van der Waals surface area contributed by atoms with E-state index in [9.17, 15) is 9.59 Å². The van der Waals surface area contributed by atoms with Crippen molar-refractivity contribution in [2.24, 2.45) is 0 Å². The standard InChI is InChI=1S/C22H23ClN4O2/c1-14-6-7-16(23)12-19(14)25-22(29)26-10-8-17(9-11-26)27-13-24-20-15(2)4-3-5-18(20)21(27)28/h3-7,12-13,17H,8-11H2,1-2H3,(H,25,29). The molecule has 0 radical (unpaired) electrons. The third-order valence-corrected chi connectivity index (χ3v) is 5.84. The number of hydrogen-bond acceptors (Lipinski definition) is 3. The first-order valence-corrected chi connectivity index (χ1v) is 10.1. The van der Waals surface area contributed by atoms with Crippen LogP contribution in [0.1, 0.15) is 30.0 Å². The van der Waals surface area contributed by atoms with Crippen molar-refractivity contribution >= 4 is 34.2 Å². The Balaban J connectivity index is 1.46. The second kappa shape index (κ2) is 7.87. The summed E-state index contributed by atoms with van der Waals surface area (Å²) in [6.07, 6.45) is 3.06. The van der Waals surface area contributed by atoms with Crippen LogP contribution in [0.5, 0.6) is 0 Å². The monoisotopic (exact) mass is 410 g/mol. The lowest BCUT2D eigenvalue weighted by Gasteiger charge is -2.33. The fourth-order valence-corrected chi connectivity index (χ4v) is 4.02. The highest BCUT2D eigenvalue weighted by Gasteiger charge is 2.25. The van der Waals surface area contributed by atoms with Crippen LogP contribution in [0.15, 0.2) is 47.5 Å². The molecule has 4 rings (SSSR count). The molecule has 1 aliphatic rings. The predicted molar refractivity (Wildman–Crippen MR) is 116 cm³/mol. The number of halogens is 1. The molecule has 0 bridgehead atoms. The summed E-state index contributed by atoms with van der Waals surface area (Å²) in [5.41, 5.74) is 3.41. The molecule has 2 aromatic carbocycles. The summed E-state index contributed by atoms with van der Waals surface area (Å²) in [6.45, 7) is 5.04. The summed E-state index contributed by atoms with van der Waals surface area (Å²) in [4.78, 5) is 31.8. The molecule has 0 spiro atoms. The van der Waals surface area contributed by atoms with Gasteiger partial charge in [0.2, 0.25) is 0 Å². The Morgan fingerprint density at radius 1 is 1.14 bits per heavy atom. The number of hydrogen-bond donors (Lipinski definition) is 1. The highest BCUT2D eigenvalue weighted by atomic mass is 35.5. The number of carbonyl (C=O) groups excluding carboxylic acids is 1. The Bertz CT molecular complexity index is 1130. The van der Waals surface area contributed by atoms with E-state index in [2.05, 4.69) is 10.3 Å². The molecule has 0 unspecified atom stereocenters. The molecule has 150 valence electrons. The number of nitrogens with zero attached hydrogens (tertiary/aromatic N) is 3. The molecule has 1 aliphatic heterocycles. The lowest BCUT2D eigenvalue weighted by molar-refractivity contribution is 0.182. The molecule has 0 atom stereocenters. The molecule has 0 saturated carbocycles. The summed E-state index contributed by atoms with van der Waals surface area (Å²) < 4.78 is 1.72. The van der Waals surface area contributed by atoms with Gasteiger partial charge in [0.15, 0.2) is 0 Å². The number of benzene rings is 2. The smallest absolute Gasteiger partial charge is 0.321 e. The maximum atomic E-state index is 12.9. The molecule has 0 aliphatic carbocycles. The average Bonchev–Trinajstić information content (AvgIpc) is 2.72. The van der Waals surface area contributed by atoms with Crippen molar-refractivity contribution in [2.75, 3.05) is 18.4 Å². The van der Waals surface area contributed by atoms with Crippen molar-refractivity contribution in [2.45, 2.75) is 32.7 Å². The Morgan fingerprint density at radius 2 is 1.90 bits per heavy atom. The van der Waals surface area contributed by atoms with Crippen molar-refractivity contribution in [3.8, 4) is 0 Å². The number of para-hydroxylation sites is 1. The Kier molecular flexibility index (Phi) is 5.28. The molecule has 1 aromatic heterocycles. The van der Waals surface area contributed by atoms with Gasteiger partial charge < -0.3 is 10.2 Å². The fourth-order valence-electron chi connectivity index (χ4n) is 3.84. The summed E-state index contributed by atoms with van der Waals surface area (Å²) >= 11 is 6.04. The van der Waals surface area contributed by atoms with Gasteiger partial charge in [0.25, 0.3) is 5.56 Å². The van der Waals surface area contributed by atoms with Crippen LogP contribution in [-0.4, -0.2) is 33.6 Å². The van der Waals surface area contributed by atoms with Gasteiger partial charge in [-0.15, -0.1) is 0 Å². The number of anilines is 1. The molecule has 2 amide bonds. The second-order valence-corrected chi connectivity index (χ2v) is 7.97. The molecular formula is C22H23ClN4O2. The number of nitrogens with one attached hydrogen (secondary N) is 1. The third kappa shape index (κ3) is 3.85. The molecule has 2 heterocycles. The Labute approximate surface area is 174 Å². The molecule has 1 N–H and O–H groups in total. The number of fused-ring (bicyclic) bond motifs is 1. The van der Waals surface area contributed by atoms with E-state index in [0.29, 0.717) is 36.3 Å². The van der Waals surface area contributed by atoms with E-state index in [1.54, 1.807) is 27.9 Å². The van der Waals surface area contributed by atoms with Gasteiger partial charge in [-0.05, 0) is 56.0 Å². The maximum Gasteiger partial charge on any atom is 0.321 e. The van der Waals surface area contributed by atoms with E-state index in [-0.39, 0.29) is 17.6 Å². The van der Waals surface area contributed by atoms with Crippen LogP contribution in [0.3, 0.4) is 0 Å². The first-order chi connectivity index (χ1) is 13.9. The van der Waals surface area contributed by atoms with E-state index in [1.807, 2.05) is 38.1 Å². The first-order valence-electron chi connectivity index (χ1n) is 9.72. The minimum Gasteiger partial charge on any atom is -0.324 e. The van der Waals surface area contributed by atoms with Crippen molar-refractivity contribution in [3.63, 3.8) is 0 Å². The topological polar surface area (TPSA) is 67.2 Å². The van der Waals surface area contributed by atoms with Gasteiger partial charge in [-0.1, -0.05) is 29.8 Å². The number of piperidine rings is 1. The van der Waals surface area contributed by atoms with Crippen LogP contribution < -0.4 is 10.9 Å². The van der Waals surface area contributed by atoms with E-state index >= 15 is 0 Å². The summed E-state index contributed by atoms with van der Waals surface area (Å²) in [5.74, 6) is 0. The summed E-state index contributed by atoms with van der Waals surface area (Å²) in [6, 6.07) is 11.0. The average molecular weight is 411 g/mol. The van der Waals surface area contributed by atoms with Gasteiger partial charge in [-0.2, -0.15) is 0 Å². The molecule has 6 nitrogen and oxygen atoms in total. The number of likely N-dealkylation sites (tertiary alicyclic amines) is 1. The van der Waals surface area contributed by atoms with Crippen LogP contribution in [0.4, 0.5) is 10.5 Å². The minimum absolute atomic E-state index is 0.0175. The van der Waals surface area contributed by atoms with Crippen LogP contribution in [-0.2, 0) is 0 Å². The van der Waals surface area contributed by atoms with Gasteiger partial charge in [-0.3, -0.25) is 9.36 Å². The van der Waals surface area contributed by atoms with Crippen LogP contribution in [0.25, 0.3) is 10.9 Å². The highest BCUT2D eigenvalue weighted by molar-refractivity contribution is 6.31. The summed E-state index contributed by atoms with van der Waals surface area (Å²) in [5, 5.41) is 4.17. The Morgan fingerprint density at radius 3 is 2.66 bits per heavy atom. The molecule has 7 heteroatoms. The number of urea groups is 1. The number of aromatic nitrogens is 2. The number of carbonyl (C=O) groups is 1. The fraction of sp³-hybridized carbons (Fsp3) is 0.318. The van der Waals surface area contributed by atoms with Crippen molar-refractivity contribution in [1.29, 1.82) is 0 Å². The van der Waals surface area contributed by atoms with E-state index < -0.39 is 0 Å². The van der Waals surface area contributed by atoms with Crippen LogP contribution >= 0.6 is 11.6 Å². The molecule has 1 fully saturated rings. The van der Waals surface area contributed by atoms with Gasteiger partial charge in [0.05, 0.1) is 17.2 Å². The predicted octanol–water partition coefficient (Wildman–Crippen LogP) is 4.54. The first kappa shape index (κ1) is 19.5. The van der Waals surface area contributed by atoms with E-state index in [0.717, 1.165) is 22.3 Å².